The summed E-state index contributed by atoms with van der Waals surface area (Å²) < 4.78 is 19.3. The van der Waals surface area contributed by atoms with Crippen molar-refractivity contribution in [1.29, 1.82) is 0 Å². The molecule has 0 spiro atoms. The zero-order valence-corrected chi connectivity index (χ0v) is 16.4. The molecule has 1 amide bonds. The molecule has 0 saturated carbocycles. The van der Waals surface area contributed by atoms with Gasteiger partial charge in [0.15, 0.2) is 0 Å². The van der Waals surface area contributed by atoms with E-state index in [1.54, 1.807) is 19.1 Å². The summed E-state index contributed by atoms with van der Waals surface area (Å²) in [6, 6.07) is 18.8. The largest absolute Gasteiger partial charge is 0.478 e. The van der Waals surface area contributed by atoms with E-state index in [9.17, 15) is 14.0 Å². The molecule has 3 aromatic carbocycles. The molecule has 0 saturated heterocycles. The van der Waals surface area contributed by atoms with Crippen molar-refractivity contribution >= 4 is 28.5 Å². The normalized spacial score (nSPS) is 10.6. The Labute approximate surface area is 176 Å². The van der Waals surface area contributed by atoms with Gasteiger partial charge in [-0.3, -0.25) is 4.79 Å². The predicted octanol–water partition coefficient (Wildman–Crippen LogP) is 5.43. The smallest absolute Gasteiger partial charge is 0.335 e. The van der Waals surface area contributed by atoms with Gasteiger partial charge >= 0.3 is 5.97 Å². The number of carbonyl (C=O) groups is 2. The van der Waals surface area contributed by atoms with Crippen LogP contribution in [0.1, 0.15) is 26.3 Å². The Hall–Kier alpha value is -4.26. The van der Waals surface area contributed by atoms with Crippen LogP contribution in [0.3, 0.4) is 0 Å². The maximum atomic E-state index is 13.5. The van der Waals surface area contributed by atoms with Crippen LogP contribution < -0.4 is 10.1 Å². The number of pyridine rings is 1. The highest BCUT2D eigenvalue weighted by Gasteiger charge is 2.18. The topological polar surface area (TPSA) is 88.5 Å². The number of hydrogen-bond acceptors (Lipinski definition) is 4. The van der Waals surface area contributed by atoms with Gasteiger partial charge < -0.3 is 15.2 Å². The Morgan fingerprint density at radius 2 is 1.74 bits per heavy atom. The van der Waals surface area contributed by atoms with Gasteiger partial charge in [0.05, 0.1) is 11.1 Å². The number of ether oxygens (including phenoxy) is 1. The van der Waals surface area contributed by atoms with E-state index in [2.05, 4.69) is 10.3 Å². The predicted molar refractivity (Wildman–Crippen MR) is 114 cm³/mol. The molecule has 4 aromatic rings. The van der Waals surface area contributed by atoms with Crippen LogP contribution in [-0.4, -0.2) is 22.0 Å². The monoisotopic (exact) mass is 416 g/mol. The third kappa shape index (κ3) is 4.35. The number of para-hydroxylation sites is 1. The Morgan fingerprint density at radius 3 is 2.45 bits per heavy atom. The number of carbonyl (C=O) groups excluding carboxylic acids is 1. The molecule has 0 aliphatic heterocycles. The molecule has 1 heterocycles. The van der Waals surface area contributed by atoms with E-state index in [1.165, 1.54) is 42.5 Å². The first-order valence-corrected chi connectivity index (χ1v) is 9.39. The summed E-state index contributed by atoms with van der Waals surface area (Å²) in [5.41, 5.74) is 1.92. The van der Waals surface area contributed by atoms with Gasteiger partial charge in [-0.15, -0.1) is 0 Å². The number of halogens is 1. The summed E-state index contributed by atoms with van der Waals surface area (Å²) in [4.78, 5) is 28.5. The average molecular weight is 416 g/mol. The zero-order chi connectivity index (χ0) is 22.0. The van der Waals surface area contributed by atoms with Crippen LogP contribution in [0.4, 0.5) is 10.1 Å². The average Bonchev–Trinajstić information content (AvgIpc) is 2.75. The van der Waals surface area contributed by atoms with Crippen LogP contribution in [0.2, 0.25) is 0 Å². The molecule has 31 heavy (non-hydrogen) atoms. The SMILES string of the molecule is Cc1cc(F)ccc1Oc1nc2ccccc2cc1C(=O)Nc1ccc(C(=O)O)cc1. The van der Waals surface area contributed by atoms with Gasteiger partial charge in [-0.2, -0.15) is 0 Å². The number of rotatable bonds is 5. The van der Waals surface area contributed by atoms with Crippen molar-refractivity contribution in [3.05, 3.63) is 95.3 Å². The number of anilines is 1. The van der Waals surface area contributed by atoms with Crippen LogP contribution in [-0.2, 0) is 0 Å². The summed E-state index contributed by atoms with van der Waals surface area (Å²) in [5, 5.41) is 12.5. The van der Waals surface area contributed by atoms with E-state index in [0.29, 0.717) is 22.5 Å². The van der Waals surface area contributed by atoms with E-state index < -0.39 is 11.9 Å². The van der Waals surface area contributed by atoms with Crippen LogP contribution >= 0.6 is 0 Å². The maximum Gasteiger partial charge on any atom is 0.335 e. The molecule has 0 aliphatic rings. The number of nitrogens with zero attached hydrogens (tertiary/aromatic N) is 1. The second-order valence-corrected chi connectivity index (χ2v) is 6.88. The molecule has 0 fully saturated rings. The molecular formula is C24H17FN2O4. The fourth-order valence-corrected chi connectivity index (χ4v) is 3.06. The number of aryl methyl sites for hydroxylation is 1. The van der Waals surface area contributed by atoms with Crippen molar-refractivity contribution in [3.8, 4) is 11.6 Å². The second kappa shape index (κ2) is 8.23. The summed E-state index contributed by atoms with van der Waals surface area (Å²) in [7, 11) is 0. The van der Waals surface area contributed by atoms with Crippen molar-refractivity contribution in [3.63, 3.8) is 0 Å². The Kier molecular flexibility index (Phi) is 5.32. The lowest BCUT2D eigenvalue weighted by molar-refractivity contribution is 0.0696. The minimum absolute atomic E-state index is 0.0769. The van der Waals surface area contributed by atoms with E-state index in [-0.39, 0.29) is 22.8 Å². The minimum Gasteiger partial charge on any atom is -0.478 e. The Bertz CT molecular complexity index is 1300. The molecule has 4 rings (SSSR count). The van der Waals surface area contributed by atoms with Crippen molar-refractivity contribution in [2.75, 3.05) is 5.32 Å². The molecule has 0 radical (unpaired) electrons. The van der Waals surface area contributed by atoms with Gasteiger partial charge in [-0.05, 0) is 67.1 Å². The molecular weight excluding hydrogens is 399 g/mol. The first kappa shape index (κ1) is 20.0. The Morgan fingerprint density at radius 1 is 1.00 bits per heavy atom. The Balaban J connectivity index is 1.71. The molecule has 7 heteroatoms. The van der Waals surface area contributed by atoms with Crippen LogP contribution in [0.15, 0.2) is 72.8 Å². The van der Waals surface area contributed by atoms with Crippen molar-refractivity contribution in [2.45, 2.75) is 6.92 Å². The van der Waals surface area contributed by atoms with Crippen molar-refractivity contribution < 1.29 is 23.8 Å². The number of amides is 1. The van der Waals surface area contributed by atoms with E-state index >= 15 is 0 Å². The van der Waals surface area contributed by atoms with Crippen LogP contribution in [0.25, 0.3) is 10.9 Å². The molecule has 154 valence electrons. The molecule has 1 aromatic heterocycles. The van der Waals surface area contributed by atoms with Gasteiger partial charge in [-0.1, -0.05) is 18.2 Å². The molecule has 0 bridgehead atoms. The van der Waals surface area contributed by atoms with E-state index in [0.717, 1.165) is 5.39 Å². The van der Waals surface area contributed by atoms with Crippen molar-refractivity contribution in [2.24, 2.45) is 0 Å². The molecule has 6 nitrogen and oxygen atoms in total. The van der Waals surface area contributed by atoms with Crippen molar-refractivity contribution in [1.82, 2.24) is 4.98 Å². The highest BCUT2D eigenvalue weighted by molar-refractivity contribution is 6.08. The summed E-state index contributed by atoms with van der Waals surface area (Å²) >= 11 is 0. The number of carboxylic acids is 1. The van der Waals surface area contributed by atoms with Crippen LogP contribution in [0, 0.1) is 12.7 Å². The number of fused-ring (bicyclic) bond motifs is 1. The van der Waals surface area contributed by atoms with E-state index in [4.69, 9.17) is 9.84 Å². The lowest BCUT2D eigenvalue weighted by atomic mass is 10.1. The van der Waals surface area contributed by atoms with Gasteiger partial charge in [0.2, 0.25) is 5.88 Å². The summed E-state index contributed by atoms with van der Waals surface area (Å²) in [6.45, 7) is 1.70. The molecule has 0 unspecified atom stereocenters. The van der Waals surface area contributed by atoms with Gasteiger partial charge in [-0.25, -0.2) is 14.2 Å². The van der Waals surface area contributed by atoms with Gasteiger partial charge in [0.1, 0.15) is 17.1 Å². The number of aromatic nitrogens is 1. The maximum absolute atomic E-state index is 13.5. The summed E-state index contributed by atoms with van der Waals surface area (Å²) in [5.74, 6) is -1.46. The third-order valence-electron chi connectivity index (χ3n) is 4.67. The standard InChI is InChI=1S/C24H17FN2O4/c1-14-12-17(25)8-11-21(14)31-23-19(13-16-4-2-3-5-20(16)27-23)22(28)26-18-9-6-15(7-10-18)24(29)30/h2-13H,1H3,(H,26,28)(H,29,30). The van der Waals surface area contributed by atoms with E-state index in [1.807, 2.05) is 18.2 Å². The number of carboxylic acid groups (broad SMARTS) is 1. The summed E-state index contributed by atoms with van der Waals surface area (Å²) in [6.07, 6.45) is 0. The lowest BCUT2D eigenvalue weighted by Gasteiger charge is -2.13. The first-order valence-electron chi connectivity index (χ1n) is 9.39. The quantitative estimate of drug-likeness (QED) is 0.453. The minimum atomic E-state index is -1.05. The second-order valence-electron chi connectivity index (χ2n) is 6.88. The fraction of sp³-hybridized carbons (Fsp3) is 0.0417. The van der Waals surface area contributed by atoms with Gasteiger partial charge in [0.25, 0.3) is 5.91 Å². The van der Waals surface area contributed by atoms with Crippen LogP contribution in [0.5, 0.6) is 11.6 Å². The first-order chi connectivity index (χ1) is 14.9. The fourth-order valence-electron chi connectivity index (χ4n) is 3.06. The number of benzene rings is 3. The number of hydrogen-bond donors (Lipinski definition) is 2. The lowest BCUT2D eigenvalue weighted by Crippen LogP contribution is -2.14. The third-order valence-corrected chi connectivity index (χ3v) is 4.67. The zero-order valence-electron chi connectivity index (χ0n) is 16.4. The van der Waals surface area contributed by atoms with Gasteiger partial charge in [0, 0.05) is 11.1 Å². The highest BCUT2D eigenvalue weighted by Crippen LogP contribution is 2.30. The molecule has 0 atom stereocenters. The molecule has 2 N–H and O–H groups in total. The number of aromatic carboxylic acids is 1. The molecule has 0 aliphatic carbocycles. The number of nitrogens with one attached hydrogen (secondary N) is 1. The highest BCUT2D eigenvalue weighted by atomic mass is 19.1.